The molecular weight excluding hydrogens is 288 g/mol. The van der Waals surface area contributed by atoms with Crippen molar-refractivity contribution >= 4 is 11.9 Å². The van der Waals surface area contributed by atoms with E-state index in [0.717, 1.165) is 11.1 Å². The molecular formula is C19H24N2O2. The zero-order valence-electron chi connectivity index (χ0n) is 14.4. The number of ether oxygens (including phenoxy) is 1. The molecule has 0 aliphatic carbocycles. The highest BCUT2D eigenvalue weighted by Crippen LogP contribution is 2.28. The number of hydrogen-bond donors (Lipinski definition) is 0. The van der Waals surface area contributed by atoms with Crippen LogP contribution >= 0.6 is 0 Å². The van der Waals surface area contributed by atoms with Crippen molar-refractivity contribution in [2.24, 2.45) is 0 Å². The van der Waals surface area contributed by atoms with E-state index in [1.54, 1.807) is 11.1 Å². The fourth-order valence-corrected chi connectivity index (χ4v) is 2.29. The Hall–Kier alpha value is -2.36. The molecule has 1 aromatic heterocycles. The summed E-state index contributed by atoms with van der Waals surface area (Å²) in [5, 5.41) is 0. The van der Waals surface area contributed by atoms with Gasteiger partial charge in [-0.05, 0) is 57.9 Å². The number of benzene rings is 1. The van der Waals surface area contributed by atoms with Crippen LogP contribution in [-0.2, 0) is 4.74 Å². The summed E-state index contributed by atoms with van der Waals surface area (Å²) in [6.45, 7) is 9.54. The third kappa shape index (κ3) is 4.55. The first kappa shape index (κ1) is 17.0. The first-order valence-electron chi connectivity index (χ1n) is 7.78. The van der Waals surface area contributed by atoms with Gasteiger partial charge in [0, 0.05) is 6.20 Å². The molecule has 0 saturated heterocycles. The minimum absolute atomic E-state index is 0.180. The Morgan fingerprint density at radius 3 is 2.39 bits per heavy atom. The first-order chi connectivity index (χ1) is 10.8. The van der Waals surface area contributed by atoms with Crippen LogP contribution in [0.5, 0.6) is 0 Å². The van der Waals surface area contributed by atoms with Gasteiger partial charge in [-0.25, -0.2) is 9.78 Å². The summed E-state index contributed by atoms with van der Waals surface area (Å²) in [5.74, 6) is 0.593. The lowest BCUT2D eigenvalue weighted by molar-refractivity contribution is 0.0566. The molecule has 0 saturated carbocycles. The quantitative estimate of drug-likeness (QED) is 0.810. The van der Waals surface area contributed by atoms with Gasteiger partial charge in [0.1, 0.15) is 11.4 Å². The van der Waals surface area contributed by atoms with Crippen LogP contribution in [0.25, 0.3) is 0 Å². The van der Waals surface area contributed by atoms with Crippen LogP contribution in [0.15, 0.2) is 48.7 Å². The van der Waals surface area contributed by atoms with Gasteiger partial charge in [-0.15, -0.1) is 0 Å². The molecule has 1 aromatic carbocycles. The van der Waals surface area contributed by atoms with Gasteiger partial charge in [0.2, 0.25) is 0 Å². The molecule has 0 bridgehead atoms. The van der Waals surface area contributed by atoms with Gasteiger partial charge in [0.15, 0.2) is 0 Å². The first-order valence-corrected chi connectivity index (χ1v) is 7.78. The Morgan fingerprint density at radius 1 is 1.17 bits per heavy atom. The van der Waals surface area contributed by atoms with E-state index in [4.69, 9.17) is 4.74 Å². The molecule has 1 amide bonds. The van der Waals surface area contributed by atoms with Crippen molar-refractivity contribution in [3.05, 3.63) is 59.8 Å². The van der Waals surface area contributed by atoms with Crippen LogP contribution in [0.4, 0.5) is 10.6 Å². The molecule has 0 aliphatic heterocycles. The summed E-state index contributed by atoms with van der Waals surface area (Å²) in [6.07, 6.45) is 1.31. The second-order valence-corrected chi connectivity index (χ2v) is 6.63. The van der Waals surface area contributed by atoms with Crippen LogP contribution in [0, 0.1) is 6.92 Å². The average molecular weight is 312 g/mol. The number of carbonyl (C=O) groups is 1. The van der Waals surface area contributed by atoms with Crippen LogP contribution in [0.2, 0.25) is 0 Å². The van der Waals surface area contributed by atoms with Crippen molar-refractivity contribution in [2.75, 3.05) is 4.90 Å². The Bertz CT molecular complexity index is 663. The predicted molar refractivity (Wildman–Crippen MR) is 92.5 cm³/mol. The Kier molecular flexibility index (Phi) is 5.04. The average Bonchev–Trinajstić information content (AvgIpc) is 2.46. The highest BCUT2D eigenvalue weighted by atomic mass is 16.6. The lowest BCUT2D eigenvalue weighted by atomic mass is 10.1. The minimum Gasteiger partial charge on any atom is -0.443 e. The van der Waals surface area contributed by atoms with Gasteiger partial charge < -0.3 is 4.74 Å². The van der Waals surface area contributed by atoms with Gasteiger partial charge in [-0.3, -0.25) is 4.90 Å². The van der Waals surface area contributed by atoms with Crippen molar-refractivity contribution < 1.29 is 9.53 Å². The number of amides is 1. The van der Waals surface area contributed by atoms with E-state index in [2.05, 4.69) is 4.98 Å². The maximum absolute atomic E-state index is 12.7. The Morgan fingerprint density at radius 2 is 1.83 bits per heavy atom. The molecule has 0 N–H and O–H groups in total. The molecule has 0 spiro atoms. The minimum atomic E-state index is -0.560. The lowest BCUT2D eigenvalue weighted by Crippen LogP contribution is -2.39. The topological polar surface area (TPSA) is 42.4 Å². The third-order valence-corrected chi connectivity index (χ3v) is 3.41. The van der Waals surface area contributed by atoms with Gasteiger partial charge in [-0.2, -0.15) is 0 Å². The molecule has 2 aromatic rings. The molecule has 23 heavy (non-hydrogen) atoms. The van der Waals surface area contributed by atoms with Crippen molar-refractivity contribution in [1.82, 2.24) is 4.98 Å². The SMILES string of the molecule is Cc1ccnc(N(C(=O)OC(C)(C)C)C(C)c2ccccc2)c1. The van der Waals surface area contributed by atoms with Gasteiger partial charge in [0.25, 0.3) is 0 Å². The second-order valence-electron chi connectivity index (χ2n) is 6.63. The molecule has 4 nitrogen and oxygen atoms in total. The maximum atomic E-state index is 12.7. The molecule has 0 radical (unpaired) electrons. The second kappa shape index (κ2) is 6.82. The van der Waals surface area contributed by atoms with Crippen molar-refractivity contribution in [2.45, 2.75) is 46.3 Å². The van der Waals surface area contributed by atoms with E-state index in [1.807, 2.05) is 77.1 Å². The monoisotopic (exact) mass is 312 g/mol. The van der Waals surface area contributed by atoms with Crippen molar-refractivity contribution in [1.29, 1.82) is 0 Å². The third-order valence-electron chi connectivity index (χ3n) is 3.41. The highest BCUT2D eigenvalue weighted by Gasteiger charge is 2.29. The molecule has 2 rings (SSSR count). The molecule has 1 atom stereocenters. The normalized spacial score (nSPS) is 12.6. The lowest BCUT2D eigenvalue weighted by Gasteiger charge is -2.31. The largest absolute Gasteiger partial charge is 0.443 e. The maximum Gasteiger partial charge on any atom is 0.416 e. The number of pyridine rings is 1. The number of hydrogen-bond acceptors (Lipinski definition) is 3. The number of aryl methyl sites for hydroxylation is 1. The van der Waals surface area contributed by atoms with E-state index in [-0.39, 0.29) is 6.04 Å². The van der Waals surface area contributed by atoms with Gasteiger partial charge in [-0.1, -0.05) is 30.3 Å². The van der Waals surface area contributed by atoms with Crippen LogP contribution in [0.3, 0.4) is 0 Å². The number of carbonyl (C=O) groups excluding carboxylic acids is 1. The van der Waals surface area contributed by atoms with Crippen molar-refractivity contribution in [3.63, 3.8) is 0 Å². The number of aromatic nitrogens is 1. The summed E-state index contributed by atoms with van der Waals surface area (Å²) in [6, 6.07) is 13.5. The van der Waals surface area contributed by atoms with Crippen LogP contribution in [-0.4, -0.2) is 16.7 Å². The number of nitrogens with zero attached hydrogens (tertiary/aromatic N) is 2. The van der Waals surface area contributed by atoms with Gasteiger partial charge >= 0.3 is 6.09 Å². The molecule has 0 fully saturated rings. The van der Waals surface area contributed by atoms with E-state index in [0.29, 0.717) is 5.82 Å². The van der Waals surface area contributed by atoms with Crippen LogP contribution in [0.1, 0.15) is 44.9 Å². The smallest absolute Gasteiger partial charge is 0.416 e. The number of rotatable bonds is 3. The van der Waals surface area contributed by atoms with E-state index < -0.39 is 11.7 Å². The Balaban J connectivity index is 2.41. The summed E-state index contributed by atoms with van der Waals surface area (Å²) < 4.78 is 5.58. The molecule has 1 heterocycles. The Labute approximate surface area is 138 Å². The predicted octanol–water partition coefficient (Wildman–Crippen LogP) is 4.89. The molecule has 4 heteroatoms. The fraction of sp³-hybridized carbons (Fsp3) is 0.368. The zero-order chi connectivity index (χ0) is 17.0. The summed E-state index contributed by atoms with van der Waals surface area (Å²) in [4.78, 5) is 18.7. The van der Waals surface area contributed by atoms with E-state index in [9.17, 15) is 4.79 Å². The summed E-state index contributed by atoms with van der Waals surface area (Å²) in [5.41, 5.74) is 1.51. The fourth-order valence-electron chi connectivity index (χ4n) is 2.29. The van der Waals surface area contributed by atoms with E-state index in [1.165, 1.54) is 0 Å². The van der Waals surface area contributed by atoms with E-state index >= 15 is 0 Å². The highest BCUT2D eigenvalue weighted by molar-refractivity contribution is 5.87. The molecule has 122 valence electrons. The molecule has 1 unspecified atom stereocenters. The number of anilines is 1. The summed E-state index contributed by atoms with van der Waals surface area (Å²) in [7, 11) is 0. The summed E-state index contributed by atoms with van der Waals surface area (Å²) >= 11 is 0. The zero-order valence-corrected chi connectivity index (χ0v) is 14.4. The van der Waals surface area contributed by atoms with Gasteiger partial charge in [0.05, 0.1) is 6.04 Å². The standard InChI is InChI=1S/C19H24N2O2/c1-14-11-12-20-17(13-14)21(18(22)23-19(3,4)5)15(2)16-9-7-6-8-10-16/h6-13,15H,1-5H3. The molecule has 0 aliphatic rings. The van der Waals surface area contributed by atoms with Crippen LogP contribution < -0.4 is 4.90 Å². The van der Waals surface area contributed by atoms with Crippen molar-refractivity contribution in [3.8, 4) is 0 Å².